The topological polar surface area (TPSA) is 93.8 Å². The molecule has 3 N–H and O–H groups in total. The first-order chi connectivity index (χ1) is 12.2. The number of unbranched alkanes of at least 4 members (excludes halogenated alkanes) is 1. The van der Waals surface area contributed by atoms with Gasteiger partial charge in [-0.2, -0.15) is 4.98 Å². The van der Waals surface area contributed by atoms with E-state index in [0.29, 0.717) is 23.7 Å². The molecule has 0 aliphatic carbocycles. The van der Waals surface area contributed by atoms with Crippen LogP contribution in [0.3, 0.4) is 0 Å². The second kappa shape index (κ2) is 8.43. The van der Waals surface area contributed by atoms with E-state index in [1.165, 1.54) is 0 Å². The van der Waals surface area contributed by atoms with Crippen molar-refractivity contribution in [2.75, 3.05) is 11.1 Å². The van der Waals surface area contributed by atoms with Crippen molar-refractivity contribution in [2.24, 2.45) is 0 Å². The molecule has 0 fully saturated rings. The number of nitrogens with two attached hydrogens (primary N) is 1. The summed E-state index contributed by atoms with van der Waals surface area (Å²) < 4.78 is 0. The van der Waals surface area contributed by atoms with Crippen molar-refractivity contribution < 1.29 is 4.79 Å². The molecule has 142 valence electrons. The summed E-state index contributed by atoms with van der Waals surface area (Å²) in [6.07, 6.45) is 6.28. The number of ketones is 1. The molecule has 0 radical (unpaired) electrons. The molecule has 26 heavy (non-hydrogen) atoms. The van der Waals surface area contributed by atoms with E-state index in [2.05, 4.69) is 48.0 Å². The summed E-state index contributed by atoms with van der Waals surface area (Å²) in [5.41, 5.74) is 8.29. The van der Waals surface area contributed by atoms with Crippen LogP contribution >= 0.6 is 0 Å². The molecule has 0 bridgehead atoms. The van der Waals surface area contributed by atoms with Crippen LogP contribution in [0.2, 0.25) is 0 Å². The van der Waals surface area contributed by atoms with Gasteiger partial charge < -0.3 is 15.8 Å². The molecular formula is C20H31N5O. The number of rotatable bonds is 9. The van der Waals surface area contributed by atoms with Crippen molar-refractivity contribution in [3.8, 4) is 0 Å². The second-order valence-electron chi connectivity index (χ2n) is 7.71. The monoisotopic (exact) mass is 357 g/mol. The number of aromatic nitrogens is 3. The lowest BCUT2D eigenvalue weighted by Crippen LogP contribution is -2.36. The minimum Gasteiger partial charge on any atom is -0.368 e. The van der Waals surface area contributed by atoms with E-state index in [-0.39, 0.29) is 17.3 Å². The molecule has 0 spiro atoms. The lowest BCUT2D eigenvalue weighted by molar-refractivity contribution is -0.117. The predicted octanol–water partition coefficient (Wildman–Crippen LogP) is 4.46. The van der Waals surface area contributed by atoms with Crippen LogP contribution in [-0.4, -0.2) is 26.3 Å². The summed E-state index contributed by atoms with van der Waals surface area (Å²) >= 11 is 0. The fourth-order valence-corrected chi connectivity index (χ4v) is 3.01. The smallest absolute Gasteiger partial charge is 0.222 e. The van der Waals surface area contributed by atoms with Crippen LogP contribution in [0.15, 0.2) is 12.3 Å². The van der Waals surface area contributed by atoms with Gasteiger partial charge in [0.25, 0.3) is 0 Å². The molecule has 2 rings (SSSR count). The normalized spacial score (nSPS) is 13.8. The van der Waals surface area contributed by atoms with Gasteiger partial charge in [0.2, 0.25) is 5.95 Å². The number of nitrogens with one attached hydrogen (secondary N) is 1. The third-order valence-corrected chi connectivity index (χ3v) is 4.77. The molecule has 0 saturated carbocycles. The minimum atomic E-state index is -0.242. The molecule has 0 aromatic carbocycles. The lowest BCUT2D eigenvalue weighted by Gasteiger charge is -2.31. The number of carbonyl (C=O) groups excluding carboxylic acids is 1. The quantitative estimate of drug-likeness (QED) is 0.688. The van der Waals surface area contributed by atoms with Gasteiger partial charge in [0.1, 0.15) is 11.3 Å². The Morgan fingerprint density at radius 3 is 2.65 bits per heavy atom. The van der Waals surface area contributed by atoms with Crippen molar-refractivity contribution in [3.05, 3.63) is 17.8 Å². The standard InChI is InChI=1S/C20H31N5O/c1-6-7-9-20(5,10-8-14(4)26)25-18-17-16(23-19(21)24-18)11-15(12-22-17)13(2)3/h11-13H,6-10H2,1-5H3,(H3,21,23,24,25)/t20-/m1/s1. The summed E-state index contributed by atoms with van der Waals surface area (Å²) in [7, 11) is 0. The Hall–Kier alpha value is -2.24. The average molecular weight is 358 g/mol. The highest BCUT2D eigenvalue weighted by Gasteiger charge is 2.26. The fourth-order valence-electron chi connectivity index (χ4n) is 3.01. The van der Waals surface area contributed by atoms with Gasteiger partial charge in [-0.05, 0) is 44.2 Å². The van der Waals surface area contributed by atoms with Crippen LogP contribution in [-0.2, 0) is 4.79 Å². The van der Waals surface area contributed by atoms with Crippen molar-refractivity contribution in [1.29, 1.82) is 0 Å². The Bertz CT molecular complexity index is 774. The van der Waals surface area contributed by atoms with Crippen LogP contribution < -0.4 is 11.1 Å². The minimum absolute atomic E-state index is 0.196. The fraction of sp³-hybridized carbons (Fsp3) is 0.600. The molecule has 0 saturated heterocycles. The van der Waals surface area contributed by atoms with Crippen molar-refractivity contribution in [1.82, 2.24) is 15.0 Å². The molecule has 0 aliphatic rings. The molecular weight excluding hydrogens is 326 g/mol. The molecule has 1 atom stereocenters. The first-order valence-corrected chi connectivity index (χ1v) is 9.45. The van der Waals surface area contributed by atoms with Gasteiger partial charge in [0, 0.05) is 18.2 Å². The maximum atomic E-state index is 11.5. The molecule has 0 aliphatic heterocycles. The number of carbonyl (C=O) groups is 1. The van der Waals surface area contributed by atoms with Crippen molar-refractivity contribution in [2.45, 2.75) is 78.2 Å². The predicted molar refractivity (Wildman–Crippen MR) is 107 cm³/mol. The highest BCUT2D eigenvalue weighted by atomic mass is 16.1. The third-order valence-electron chi connectivity index (χ3n) is 4.77. The first kappa shape index (κ1) is 20.1. The number of anilines is 2. The first-order valence-electron chi connectivity index (χ1n) is 9.45. The molecule has 2 aromatic rings. The number of nitrogen functional groups attached to an aromatic ring is 1. The number of hydrogen-bond acceptors (Lipinski definition) is 6. The second-order valence-corrected chi connectivity index (χ2v) is 7.71. The summed E-state index contributed by atoms with van der Waals surface area (Å²) in [4.78, 5) is 24.9. The number of fused-ring (bicyclic) bond motifs is 1. The molecule has 6 heteroatoms. The highest BCUT2D eigenvalue weighted by Crippen LogP contribution is 2.29. The lowest BCUT2D eigenvalue weighted by atomic mass is 9.89. The van der Waals surface area contributed by atoms with Gasteiger partial charge in [-0.1, -0.05) is 33.6 Å². The Kier molecular flexibility index (Phi) is 6.51. The molecule has 2 heterocycles. The largest absolute Gasteiger partial charge is 0.368 e. The Labute approximate surface area is 156 Å². The zero-order chi connectivity index (χ0) is 19.3. The van der Waals surface area contributed by atoms with E-state index in [0.717, 1.165) is 36.8 Å². The summed E-state index contributed by atoms with van der Waals surface area (Å²) in [5, 5.41) is 3.53. The summed E-state index contributed by atoms with van der Waals surface area (Å²) in [5.74, 6) is 1.43. The Balaban J connectivity index is 2.40. The van der Waals surface area contributed by atoms with E-state index in [4.69, 9.17) is 5.73 Å². The van der Waals surface area contributed by atoms with Gasteiger partial charge in [-0.15, -0.1) is 0 Å². The van der Waals surface area contributed by atoms with Crippen LogP contribution in [0.1, 0.15) is 78.2 Å². The van der Waals surface area contributed by atoms with E-state index in [1.807, 2.05) is 12.3 Å². The van der Waals surface area contributed by atoms with Crippen LogP contribution in [0.5, 0.6) is 0 Å². The molecule has 0 unspecified atom stereocenters. The molecule has 2 aromatic heterocycles. The van der Waals surface area contributed by atoms with Crippen LogP contribution in [0.4, 0.5) is 11.8 Å². The van der Waals surface area contributed by atoms with E-state index in [1.54, 1.807) is 6.92 Å². The SMILES string of the molecule is CCCC[C@](C)(CCC(C)=O)Nc1nc(N)nc2cc(C(C)C)cnc12. The van der Waals surface area contributed by atoms with E-state index < -0.39 is 0 Å². The Morgan fingerprint density at radius 2 is 2.04 bits per heavy atom. The van der Waals surface area contributed by atoms with Gasteiger partial charge >= 0.3 is 0 Å². The molecule has 6 nitrogen and oxygen atoms in total. The Morgan fingerprint density at radius 1 is 1.31 bits per heavy atom. The number of pyridine rings is 1. The maximum absolute atomic E-state index is 11.5. The van der Waals surface area contributed by atoms with Gasteiger partial charge in [0.15, 0.2) is 5.82 Å². The number of nitrogens with zero attached hydrogens (tertiary/aromatic N) is 3. The van der Waals surface area contributed by atoms with Crippen molar-refractivity contribution in [3.63, 3.8) is 0 Å². The summed E-state index contributed by atoms with van der Waals surface area (Å²) in [6.45, 7) is 10.2. The van der Waals surface area contributed by atoms with E-state index >= 15 is 0 Å². The van der Waals surface area contributed by atoms with Gasteiger partial charge in [0.05, 0.1) is 5.52 Å². The zero-order valence-corrected chi connectivity index (χ0v) is 16.6. The number of Topliss-reactive ketones (excluding diaryl/α,β-unsaturated/α-hetero) is 1. The molecule has 0 amide bonds. The average Bonchev–Trinajstić information content (AvgIpc) is 2.57. The van der Waals surface area contributed by atoms with Crippen LogP contribution in [0, 0.1) is 0 Å². The third kappa shape index (κ3) is 5.13. The maximum Gasteiger partial charge on any atom is 0.222 e. The van der Waals surface area contributed by atoms with E-state index in [9.17, 15) is 4.79 Å². The number of hydrogen-bond donors (Lipinski definition) is 2. The van der Waals surface area contributed by atoms with Gasteiger partial charge in [-0.25, -0.2) is 4.98 Å². The summed E-state index contributed by atoms with van der Waals surface area (Å²) in [6, 6.07) is 2.02. The van der Waals surface area contributed by atoms with Crippen LogP contribution in [0.25, 0.3) is 11.0 Å². The zero-order valence-electron chi connectivity index (χ0n) is 16.6. The van der Waals surface area contributed by atoms with Crippen molar-refractivity contribution >= 4 is 28.6 Å². The van der Waals surface area contributed by atoms with Gasteiger partial charge in [-0.3, -0.25) is 4.98 Å². The highest BCUT2D eigenvalue weighted by molar-refractivity contribution is 5.86.